The van der Waals surface area contributed by atoms with Gasteiger partial charge < -0.3 is 9.80 Å². The van der Waals surface area contributed by atoms with E-state index in [9.17, 15) is 0 Å². The van der Waals surface area contributed by atoms with Gasteiger partial charge in [-0.2, -0.15) is 0 Å². The molecule has 2 aliphatic rings. The van der Waals surface area contributed by atoms with Crippen LogP contribution in [0.15, 0.2) is 0 Å². The Bertz CT molecular complexity index is 384. The lowest BCUT2D eigenvalue weighted by Crippen LogP contribution is -2.38. The van der Waals surface area contributed by atoms with Crippen LogP contribution in [0.25, 0.3) is 0 Å². The number of likely N-dealkylation sites (tertiary alicyclic amines) is 2. The highest BCUT2D eigenvalue weighted by molar-refractivity contribution is 5.01. The molecule has 24 heavy (non-hydrogen) atoms. The number of nitrogens with zero attached hydrogens (tertiary/aromatic N) is 2. The first-order valence-corrected chi connectivity index (χ1v) is 9.96. The van der Waals surface area contributed by atoms with Crippen LogP contribution in [0.1, 0.15) is 69.2 Å². The molecular weight excluding hydrogens is 292 g/mol. The van der Waals surface area contributed by atoms with Gasteiger partial charge in [0.05, 0.1) is 0 Å². The molecule has 0 aromatic carbocycles. The third kappa shape index (κ3) is 3.85. The molecule has 0 bridgehead atoms. The lowest BCUT2D eigenvalue weighted by Gasteiger charge is -2.40. The van der Waals surface area contributed by atoms with Gasteiger partial charge in [0.1, 0.15) is 0 Å². The van der Waals surface area contributed by atoms with Crippen LogP contribution in [0.2, 0.25) is 0 Å². The van der Waals surface area contributed by atoms with Gasteiger partial charge in [0.25, 0.3) is 0 Å². The minimum absolute atomic E-state index is 0.468. The zero-order valence-electron chi connectivity index (χ0n) is 18.9. The quantitative estimate of drug-likeness (QED) is 0.679. The second kappa shape index (κ2) is 6.91. The molecule has 0 N–H and O–H groups in total. The summed E-state index contributed by atoms with van der Waals surface area (Å²) < 4.78 is 0. The predicted molar refractivity (Wildman–Crippen MR) is 108 cm³/mol. The van der Waals surface area contributed by atoms with Crippen molar-refractivity contribution in [3.8, 4) is 0 Å². The minimum atomic E-state index is 0.468. The van der Waals surface area contributed by atoms with E-state index in [1.54, 1.807) is 0 Å². The van der Waals surface area contributed by atoms with E-state index in [0.717, 1.165) is 11.8 Å². The Balaban J connectivity index is 0.000000240. The van der Waals surface area contributed by atoms with Crippen molar-refractivity contribution < 1.29 is 0 Å². The van der Waals surface area contributed by atoms with Crippen LogP contribution in [0.5, 0.6) is 0 Å². The van der Waals surface area contributed by atoms with E-state index in [1.807, 2.05) is 0 Å². The highest BCUT2D eigenvalue weighted by Gasteiger charge is 2.50. The first-order valence-electron chi connectivity index (χ1n) is 9.96. The van der Waals surface area contributed by atoms with Crippen LogP contribution >= 0.6 is 0 Å². The Labute approximate surface area is 153 Å². The van der Waals surface area contributed by atoms with Crippen LogP contribution in [-0.4, -0.2) is 50.1 Å². The van der Waals surface area contributed by atoms with E-state index < -0.39 is 0 Å². The van der Waals surface area contributed by atoms with Crippen molar-refractivity contribution in [2.45, 2.75) is 69.2 Å². The van der Waals surface area contributed by atoms with Gasteiger partial charge in [0.2, 0.25) is 0 Å². The Morgan fingerprint density at radius 3 is 0.875 bits per heavy atom. The van der Waals surface area contributed by atoms with E-state index in [1.165, 1.54) is 26.2 Å². The second-order valence-electron chi connectivity index (χ2n) is 11.3. The first-order chi connectivity index (χ1) is 10.6. The molecule has 2 atom stereocenters. The summed E-state index contributed by atoms with van der Waals surface area (Å²) in [7, 11) is 4.46. The first kappa shape index (κ1) is 22.0. The van der Waals surface area contributed by atoms with Crippen LogP contribution < -0.4 is 0 Å². The summed E-state index contributed by atoms with van der Waals surface area (Å²) in [5, 5.41) is 0. The third-order valence-corrected chi connectivity index (χ3v) is 8.17. The van der Waals surface area contributed by atoms with Gasteiger partial charge in [-0.3, -0.25) is 0 Å². The van der Waals surface area contributed by atoms with Crippen molar-refractivity contribution in [3.05, 3.63) is 0 Å². The van der Waals surface area contributed by atoms with Crippen LogP contribution in [-0.2, 0) is 0 Å². The molecule has 0 radical (unpaired) electrons. The minimum Gasteiger partial charge on any atom is -0.305 e. The molecule has 0 aromatic rings. The Hall–Kier alpha value is -0.0800. The van der Waals surface area contributed by atoms with Crippen molar-refractivity contribution >= 4 is 0 Å². The van der Waals surface area contributed by atoms with Gasteiger partial charge in [-0.25, -0.2) is 0 Å². The molecule has 144 valence electrons. The predicted octanol–water partition coefficient (Wildman–Crippen LogP) is 5.24. The molecule has 2 aliphatic heterocycles. The maximum atomic E-state index is 2.46. The molecule has 0 aromatic heterocycles. The van der Waals surface area contributed by atoms with E-state index in [0.29, 0.717) is 21.7 Å². The molecule has 0 aliphatic carbocycles. The Morgan fingerprint density at radius 1 is 0.542 bits per heavy atom. The van der Waals surface area contributed by atoms with Gasteiger partial charge in [0.15, 0.2) is 0 Å². The van der Waals surface area contributed by atoms with E-state index in [-0.39, 0.29) is 0 Å². The third-order valence-electron chi connectivity index (χ3n) is 8.17. The van der Waals surface area contributed by atoms with Gasteiger partial charge in [-0.15, -0.1) is 0 Å². The van der Waals surface area contributed by atoms with E-state index in [4.69, 9.17) is 0 Å². The smallest absolute Gasteiger partial charge is 0.00406 e. The number of hydrogen-bond acceptors (Lipinski definition) is 2. The second-order valence-corrected chi connectivity index (χ2v) is 11.3. The molecule has 0 saturated carbocycles. The lowest BCUT2D eigenvalue weighted by atomic mass is 9.63. The summed E-state index contributed by atoms with van der Waals surface area (Å²) >= 11 is 0. The summed E-state index contributed by atoms with van der Waals surface area (Å²) in [6.45, 7) is 28.8. The standard InChI is InChI=1S/2C11H23N/c2*1-9(2)11(5)8-12(6)7-10(11,3)4/h2*9H,7-8H2,1-6H3/t2*11-/m10/s1. The summed E-state index contributed by atoms with van der Waals surface area (Å²) in [5.74, 6) is 1.55. The fourth-order valence-corrected chi connectivity index (χ4v) is 5.30. The Morgan fingerprint density at radius 2 is 0.792 bits per heavy atom. The highest BCUT2D eigenvalue weighted by Crippen LogP contribution is 2.50. The summed E-state index contributed by atoms with van der Waals surface area (Å²) in [6, 6.07) is 0. The maximum absolute atomic E-state index is 2.46. The summed E-state index contributed by atoms with van der Waals surface area (Å²) in [6.07, 6.45) is 0. The summed E-state index contributed by atoms with van der Waals surface area (Å²) in [4.78, 5) is 4.92. The SMILES string of the molecule is CC(C)[C@@]1(C)CN(C)CC1(C)C.CC(C)[C@]1(C)CN(C)CC1(C)C. The van der Waals surface area contributed by atoms with Crippen molar-refractivity contribution in [1.29, 1.82) is 0 Å². The molecule has 2 saturated heterocycles. The molecule has 2 rings (SSSR count). The fraction of sp³-hybridized carbons (Fsp3) is 1.00. The van der Waals surface area contributed by atoms with Gasteiger partial charge in [0, 0.05) is 26.2 Å². The van der Waals surface area contributed by atoms with Crippen molar-refractivity contribution in [1.82, 2.24) is 9.80 Å². The number of hydrogen-bond donors (Lipinski definition) is 0. The number of rotatable bonds is 2. The molecule has 0 spiro atoms. The van der Waals surface area contributed by atoms with E-state index >= 15 is 0 Å². The van der Waals surface area contributed by atoms with Gasteiger partial charge in [-0.05, 0) is 47.6 Å². The van der Waals surface area contributed by atoms with Gasteiger partial charge >= 0.3 is 0 Å². The zero-order chi connectivity index (χ0) is 19.1. The zero-order valence-corrected chi connectivity index (χ0v) is 18.9. The molecular formula is C22H46N2. The molecule has 2 nitrogen and oxygen atoms in total. The Kier molecular flexibility index (Phi) is 6.32. The normalized spacial score (nSPS) is 36.2. The largest absolute Gasteiger partial charge is 0.305 e. The van der Waals surface area contributed by atoms with Crippen molar-refractivity contribution in [2.24, 2.45) is 33.5 Å². The van der Waals surface area contributed by atoms with Crippen LogP contribution in [0, 0.1) is 33.5 Å². The molecule has 2 heteroatoms. The lowest BCUT2D eigenvalue weighted by molar-refractivity contribution is 0.0948. The molecule has 2 heterocycles. The fourth-order valence-electron chi connectivity index (χ4n) is 5.30. The van der Waals surface area contributed by atoms with Crippen molar-refractivity contribution in [3.63, 3.8) is 0 Å². The molecule has 0 unspecified atom stereocenters. The average molecular weight is 339 g/mol. The average Bonchev–Trinajstić information content (AvgIpc) is 2.70. The van der Waals surface area contributed by atoms with E-state index in [2.05, 4.69) is 93.1 Å². The van der Waals surface area contributed by atoms with Crippen LogP contribution in [0.4, 0.5) is 0 Å². The maximum Gasteiger partial charge on any atom is 0.00406 e. The van der Waals surface area contributed by atoms with Gasteiger partial charge in [-0.1, -0.05) is 69.2 Å². The summed E-state index contributed by atoms with van der Waals surface area (Å²) in [5.41, 5.74) is 1.91. The van der Waals surface area contributed by atoms with Crippen LogP contribution in [0.3, 0.4) is 0 Å². The monoisotopic (exact) mass is 338 g/mol. The molecule has 0 amide bonds. The topological polar surface area (TPSA) is 6.48 Å². The van der Waals surface area contributed by atoms with Crippen molar-refractivity contribution in [2.75, 3.05) is 40.3 Å². The highest BCUT2D eigenvalue weighted by atomic mass is 15.2. The molecule has 2 fully saturated rings.